The maximum Gasteiger partial charge on any atom is 0.407 e. The van der Waals surface area contributed by atoms with Crippen molar-refractivity contribution in [2.45, 2.75) is 122 Å². The van der Waals surface area contributed by atoms with Gasteiger partial charge in [0.1, 0.15) is 5.60 Å². The summed E-state index contributed by atoms with van der Waals surface area (Å²) in [6.45, 7) is 14.2. The number of aromatic nitrogens is 2. The second-order valence-electron chi connectivity index (χ2n) is 15.6. The maximum absolute atomic E-state index is 14.5. The number of amides is 2. The maximum atomic E-state index is 14.5. The van der Waals surface area contributed by atoms with Crippen LogP contribution >= 0.6 is 0 Å². The Labute approximate surface area is 287 Å². The fourth-order valence-electron chi connectivity index (χ4n) is 7.94. The summed E-state index contributed by atoms with van der Waals surface area (Å²) in [5.41, 5.74) is 5.07. The first-order valence-corrected chi connectivity index (χ1v) is 18.4. The highest BCUT2D eigenvalue weighted by atomic mass is 32.2. The van der Waals surface area contributed by atoms with E-state index in [2.05, 4.69) is 54.8 Å². The van der Waals surface area contributed by atoms with E-state index >= 15 is 0 Å². The zero-order valence-corrected chi connectivity index (χ0v) is 30.1. The van der Waals surface area contributed by atoms with Gasteiger partial charge in [0.2, 0.25) is 5.95 Å². The number of carbonyl (C=O) groups is 2. The van der Waals surface area contributed by atoms with Crippen molar-refractivity contribution in [1.29, 1.82) is 0 Å². The molecule has 256 valence electrons. The van der Waals surface area contributed by atoms with E-state index in [1.807, 2.05) is 39.0 Å². The molecule has 6 rings (SSSR count). The molecule has 4 bridgehead atoms. The van der Waals surface area contributed by atoms with Crippen molar-refractivity contribution in [1.82, 2.24) is 20.2 Å². The van der Waals surface area contributed by atoms with Crippen molar-refractivity contribution >= 4 is 28.9 Å². The molecule has 3 aliphatic rings. The van der Waals surface area contributed by atoms with Crippen molar-refractivity contribution < 1.29 is 18.5 Å². The lowest BCUT2D eigenvalue weighted by atomic mass is 9.51. The Morgan fingerprint density at radius 1 is 1.06 bits per heavy atom. The summed E-state index contributed by atoms with van der Waals surface area (Å²) in [6.07, 6.45) is 5.49. The SMILES string of the molecule is Cc1cccc(C)c1-c1cc2nc(n1)NS(=O)c1cccc(c1)C(=O)N(C1CC3(CC(NC(=O)OC(C)(C)C)C3)C1)C(CC(C)C)CC2. The Balaban J connectivity index is 1.30. The van der Waals surface area contributed by atoms with Gasteiger partial charge in [-0.2, -0.15) is 0 Å². The number of hydrogen-bond acceptors (Lipinski definition) is 6. The van der Waals surface area contributed by atoms with E-state index in [1.54, 1.807) is 18.2 Å². The third-order valence-electron chi connectivity index (χ3n) is 9.91. The number of ether oxygens (including phenoxy) is 1. The van der Waals surface area contributed by atoms with E-state index in [9.17, 15) is 13.8 Å². The van der Waals surface area contributed by atoms with E-state index in [1.165, 1.54) is 0 Å². The molecule has 2 unspecified atom stereocenters. The number of benzene rings is 2. The van der Waals surface area contributed by atoms with Gasteiger partial charge in [0, 0.05) is 34.9 Å². The zero-order valence-electron chi connectivity index (χ0n) is 29.3. The molecule has 2 saturated carbocycles. The fraction of sp³-hybridized carbons (Fsp3) is 0.526. The van der Waals surface area contributed by atoms with Crippen LogP contribution in [0.15, 0.2) is 53.4 Å². The molecular formula is C38H49N5O4S. The van der Waals surface area contributed by atoms with Gasteiger partial charge < -0.3 is 15.0 Å². The smallest absolute Gasteiger partial charge is 0.407 e. The molecule has 2 N–H and O–H groups in total. The van der Waals surface area contributed by atoms with Gasteiger partial charge >= 0.3 is 6.09 Å². The van der Waals surface area contributed by atoms with Crippen LogP contribution in [0.2, 0.25) is 0 Å². The van der Waals surface area contributed by atoms with Crippen LogP contribution in [0.1, 0.15) is 100 Å². The second kappa shape index (κ2) is 13.3. The lowest BCUT2D eigenvalue weighted by Gasteiger charge is -2.61. The average molecular weight is 672 g/mol. The van der Waals surface area contributed by atoms with Gasteiger partial charge in [0.15, 0.2) is 11.0 Å². The highest BCUT2D eigenvalue weighted by Gasteiger charge is 2.56. The van der Waals surface area contributed by atoms with Crippen LogP contribution in [-0.4, -0.2) is 54.8 Å². The van der Waals surface area contributed by atoms with Crippen LogP contribution in [0, 0.1) is 25.2 Å². The van der Waals surface area contributed by atoms with Gasteiger partial charge in [-0.15, -0.1) is 0 Å². The number of carbonyl (C=O) groups excluding carboxylic acids is 2. The van der Waals surface area contributed by atoms with E-state index in [0.717, 1.165) is 66.6 Å². The molecule has 2 atom stereocenters. The predicted molar refractivity (Wildman–Crippen MR) is 189 cm³/mol. The second-order valence-corrected chi connectivity index (χ2v) is 16.8. The molecule has 10 heteroatoms. The first-order chi connectivity index (χ1) is 22.7. The molecule has 2 fully saturated rings. The number of aryl methyl sites for hydroxylation is 3. The molecule has 2 amide bonds. The number of hydrogen-bond donors (Lipinski definition) is 2. The van der Waals surface area contributed by atoms with Crippen LogP contribution in [0.4, 0.5) is 10.7 Å². The highest BCUT2D eigenvalue weighted by molar-refractivity contribution is 7.86. The highest BCUT2D eigenvalue weighted by Crippen LogP contribution is 2.58. The van der Waals surface area contributed by atoms with Gasteiger partial charge in [-0.3, -0.25) is 9.52 Å². The Hall–Kier alpha value is -3.79. The minimum atomic E-state index is -1.67. The first kappa shape index (κ1) is 34.1. The standard InChI is InChI=1S/C38H49N5O4S/c1-23(2)16-29-15-14-27-18-32(33-24(3)10-8-11-25(33)4)41-35(39-27)42-48(46)31-13-9-12-26(17-31)34(44)43(29)30-21-38(22-30)19-28(20-38)40-36(45)47-37(5,6)7/h8-13,17-18,23,28-30H,14-16,19-22H2,1-7H3,(H,40,45)(H,39,41,42). The fourth-order valence-corrected chi connectivity index (χ4v) is 8.75. The molecule has 2 heterocycles. The van der Waals surface area contributed by atoms with Crippen LogP contribution in [0.25, 0.3) is 11.3 Å². The summed E-state index contributed by atoms with van der Waals surface area (Å²) in [4.78, 5) is 39.2. The number of rotatable bonds is 5. The van der Waals surface area contributed by atoms with Gasteiger partial charge in [0.25, 0.3) is 5.91 Å². The molecule has 2 aromatic carbocycles. The molecule has 1 aliphatic heterocycles. The van der Waals surface area contributed by atoms with Gasteiger partial charge in [-0.25, -0.2) is 19.0 Å². The number of anilines is 1. The summed E-state index contributed by atoms with van der Waals surface area (Å²) in [7, 11) is -1.67. The molecule has 9 nitrogen and oxygen atoms in total. The summed E-state index contributed by atoms with van der Waals surface area (Å²) >= 11 is 0. The molecule has 1 spiro atoms. The first-order valence-electron chi connectivity index (χ1n) is 17.2. The molecule has 3 aromatic rings. The third kappa shape index (κ3) is 7.43. The van der Waals surface area contributed by atoms with Crippen molar-refractivity contribution in [2.24, 2.45) is 11.3 Å². The minimum absolute atomic E-state index is 0.000500. The normalized spacial score (nSPS) is 25.6. The van der Waals surface area contributed by atoms with Crippen LogP contribution in [0.3, 0.4) is 0 Å². The van der Waals surface area contributed by atoms with Crippen LogP contribution in [0.5, 0.6) is 0 Å². The number of fused-ring (bicyclic) bond motifs is 4. The molecule has 0 radical (unpaired) electrons. The van der Waals surface area contributed by atoms with E-state index in [4.69, 9.17) is 14.7 Å². The largest absolute Gasteiger partial charge is 0.444 e. The number of alkyl carbamates (subject to hydrolysis) is 1. The Bertz CT molecular complexity index is 1700. The number of nitrogens with zero attached hydrogens (tertiary/aromatic N) is 3. The molecule has 2 aliphatic carbocycles. The van der Waals surface area contributed by atoms with Gasteiger partial charge in [-0.05, 0) is 126 Å². The van der Waals surface area contributed by atoms with Crippen molar-refractivity contribution in [2.75, 3.05) is 4.72 Å². The Kier molecular flexibility index (Phi) is 9.41. The lowest BCUT2D eigenvalue weighted by molar-refractivity contribution is -0.0757. The monoisotopic (exact) mass is 671 g/mol. The van der Waals surface area contributed by atoms with Crippen LogP contribution in [-0.2, 0) is 22.1 Å². The van der Waals surface area contributed by atoms with Crippen molar-refractivity contribution in [3.05, 3.63) is 70.9 Å². The van der Waals surface area contributed by atoms with E-state index in [0.29, 0.717) is 28.7 Å². The van der Waals surface area contributed by atoms with E-state index < -0.39 is 16.6 Å². The van der Waals surface area contributed by atoms with E-state index in [-0.39, 0.29) is 35.5 Å². The summed E-state index contributed by atoms with van der Waals surface area (Å²) in [5, 5.41) is 3.03. The van der Waals surface area contributed by atoms with Crippen LogP contribution < -0.4 is 10.0 Å². The van der Waals surface area contributed by atoms with Crippen molar-refractivity contribution in [3.63, 3.8) is 0 Å². The summed E-state index contributed by atoms with van der Waals surface area (Å²) < 4.78 is 22.1. The Morgan fingerprint density at radius 2 is 1.75 bits per heavy atom. The van der Waals surface area contributed by atoms with Gasteiger partial charge in [0.05, 0.1) is 10.6 Å². The number of nitrogens with one attached hydrogen (secondary N) is 2. The molecular weight excluding hydrogens is 623 g/mol. The third-order valence-corrected chi connectivity index (χ3v) is 11.0. The quantitative estimate of drug-likeness (QED) is 0.290. The molecule has 0 saturated heterocycles. The summed E-state index contributed by atoms with van der Waals surface area (Å²) in [5.74, 6) is 0.681. The molecule has 1 aromatic heterocycles. The summed E-state index contributed by atoms with van der Waals surface area (Å²) in [6, 6.07) is 15.6. The minimum Gasteiger partial charge on any atom is -0.444 e. The van der Waals surface area contributed by atoms with Gasteiger partial charge in [-0.1, -0.05) is 38.1 Å². The Morgan fingerprint density at radius 3 is 2.42 bits per heavy atom. The molecule has 48 heavy (non-hydrogen) atoms. The lowest BCUT2D eigenvalue weighted by Crippen LogP contribution is -2.63. The average Bonchev–Trinajstić information content (AvgIpc) is 2.96. The topological polar surface area (TPSA) is 114 Å². The zero-order chi connectivity index (χ0) is 34.4. The predicted octanol–water partition coefficient (Wildman–Crippen LogP) is 7.53. The van der Waals surface area contributed by atoms with Crippen molar-refractivity contribution in [3.8, 4) is 11.3 Å².